The fraction of sp³-hybridized carbons (Fsp3) is 0.278. The summed E-state index contributed by atoms with van der Waals surface area (Å²) in [4.78, 5) is 11.5. The molecule has 0 bridgehead atoms. The number of carbonyl (C=O) groups is 1. The molecule has 0 aliphatic carbocycles. The number of rotatable bonds is 8. The highest BCUT2D eigenvalue weighted by molar-refractivity contribution is 5.78. The Labute approximate surface area is 130 Å². The number of aliphatic hydroxyl groups excluding tert-OH is 1. The number of benzene rings is 2. The highest BCUT2D eigenvalue weighted by atomic mass is 16.5. The van der Waals surface area contributed by atoms with Gasteiger partial charge in [0.2, 0.25) is 5.91 Å². The maximum atomic E-state index is 11.5. The van der Waals surface area contributed by atoms with Crippen LogP contribution in [0.1, 0.15) is 11.1 Å². The number of carbonyl (C=O) groups excluding carboxylic acids is 1. The lowest BCUT2D eigenvalue weighted by molar-refractivity contribution is -0.120. The molecule has 4 nitrogen and oxygen atoms in total. The molecule has 1 amide bonds. The average Bonchev–Trinajstić information content (AvgIpc) is 2.55. The largest absolute Gasteiger partial charge is 0.493 e. The van der Waals surface area contributed by atoms with E-state index in [1.807, 2.05) is 42.5 Å². The van der Waals surface area contributed by atoms with E-state index in [4.69, 9.17) is 9.84 Å². The third-order valence-corrected chi connectivity index (χ3v) is 3.22. The van der Waals surface area contributed by atoms with Gasteiger partial charge < -0.3 is 15.2 Å². The summed E-state index contributed by atoms with van der Waals surface area (Å²) in [6, 6.07) is 17.7. The van der Waals surface area contributed by atoms with Crippen LogP contribution in [0, 0.1) is 0 Å². The van der Waals surface area contributed by atoms with Crippen molar-refractivity contribution in [2.24, 2.45) is 0 Å². The Hall–Kier alpha value is -2.33. The van der Waals surface area contributed by atoms with Crippen molar-refractivity contribution in [2.75, 3.05) is 19.8 Å². The Morgan fingerprint density at radius 1 is 1.00 bits per heavy atom. The van der Waals surface area contributed by atoms with Gasteiger partial charge >= 0.3 is 0 Å². The number of hydrogen-bond acceptors (Lipinski definition) is 3. The highest BCUT2D eigenvalue weighted by Crippen LogP contribution is 2.13. The second-order valence-corrected chi connectivity index (χ2v) is 4.98. The Kier molecular flexibility index (Phi) is 6.45. The number of amides is 1. The van der Waals surface area contributed by atoms with Gasteiger partial charge in [-0.1, -0.05) is 42.5 Å². The molecular formula is C18H21NO3. The van der Waals surface area contributed by atoms with Crippen molar-refractivity contribution in [3.8, 4) is 5.75 Å². The lowest BCUT2D eigenvalue weighted by Crippen LogP contribution is -2.27. The van der Waals surface area contributed by atoms with Gasteiger partial charge in [0.05, 0.1) is 19.6 Å². The van der Waals surface area contributed by atoms with Crippen LogP contribution in [-0.4, -0.2) is 30.8 Å². The first-order valence-electron chi connectivity index (χ1n) is 7.41. The van der Waals surface area contributed by atoms with Crippen LogP contribution < -0.4 is 10.1 Å². The van der Waals surface area contributed by atoms with Crippen LogP contribution in [0.5, 0.6) is 5.75 Å². The first-order chi connectivity index (χ1) is 10.8. The van der Waals surface area contributed by atoms with Crippen LogP contribution in [0.25, 0.3) is 0 Å². The van der Waals surface area contributed by atoms with Gasteiger partial charge in [0.25, 0.3) is 0 Å². The van der Waals surface area contributed by atoms with Crippen molar-refractivity contribution in [3.05, 3.63) is 65.7 Å². The SMILES string of the molecule is O=C(Cc1ccc(OCCc2ccccc2)cc1)NCCO. The molecule has 2 aromatic carbocycles. The Morgan fingerprint density at radius 3 is 2.41 bits per heavy atom. The number of nitrogens with one attached hydrogen (secondary N) is 1. The molecule has 116 valence electrons. The molecule has 0 aliphatic heterocycles. The fourth-order valence-electron chi connectivity index (χ4n) is 2.08. The summed E-state index contributed by atoms with van der Waals surface area (Å²) in [6.45, 7) is 0.875. The minimum Gasteiger partial charge on any atom is -0.493 e. The summed E-state index contributed by atoms with van der Waals surface area (Å²) >= 11 is 0. The predicted molar refractivity (Wildman–Crippen MR) is 85.9 cm³/mol. The molecule has 0 heterocycles. The van der Waals surface area contributed by atoms with E-state index in [1.54, 1.807) is 0 Å². The minimum absolute atomic E-state index is 0.0417. The Bertz CT molecular complexity index is 567. The van der Waals surface area contributed by atoms with Crippen LogP contribution in [-0.2, 0) is 17.6 Å². The zero-order chi connectivity index (χ0) is 15.6. The van der Waals surface area contributed by atoms with Gasteiger partial charge in [0.15, 0.2) is 0 Å². The van der Waals surface area contributed by atoms with Crippen molar-refractivity contribution in [1.29, 1.82) is 0 Å². The lowest BCUT2D eigenvalue weighted by atomic mass is 10.1. The summed E-state index contributed by atoms with van der Waals surface area (Å²) in [6.07, 6.45) is 1.18. The molecule has 0 radical (unpaired) electrons. The monoisotopic (exact) mass is 299 g/mol. The number of aliphatic hydroxyl groups is 1. The molecular weight excluding hydrogens is 278 g/mol. The standard InChI is InChI=1S/C18H21NO3/c20-12-11-19-18(21)14-16-6-8-17(9-7-16)22-13-10-15-4-2-1-3-5-15/h1-9,20H,10-14H2,(H,19,21). The molecule has 2 N–H and O–H groups in total. The maximum absolute atomic E-state index is 11.5. The predicted octanol–water partition coefficient (Wildman–Crippen LogP) is 1.96. The Morgan fingerprint density at radius 2 is 1.73 bits per heavy atom. The van der Waals surface area contributed by atoms with Crippen LogP contribution in [0.3, 0.4) is 0 Å². The summed E-state index contributed by atoms with van der Waals surface area (Å²) in [5.74, 6) is 0.710. The average molecular weight is 299 g/mol. The normalized spacial score (nSPS) is 10.2. The summed E-state index contributed by atoms with van der Waals surface area (Å²) in [5.41, 5.74) is 2.17. The topological polar surface area (TPSA) is 58.6 Å². The molecule has 2 rings (SSSR count). The zero-order valence-corrected chi connectivity index (χ0v) is 12.5. The molecule has 0 spiro atoms. The third kappa shape index (κ3) is 5.58. The van der Waals surface area contributed by atoms with E-state index in [9.17, 15) is 4.79 Å². The second kappa shape index (κ2) is 8.85. The van der Waals surface area contributed by atoms with Crippen molar-refractivity contribution in [3.63, 3.8) is 0 Å². The smallest absolute Gasteiger partial charge is 0.224 e. The van der Waals surface area contributed by atoms with Crippen molar-refractivity contribution < 1.29 is 14.6 Å². The van der Waals surface area contributed by atoms with Crippen molar-refractivity contribution in [2.45, 2.75) is 12.8 Å². The molecule has 0 fully saturated rings. The zero-order valence-electron chi connectivity index (χ0n) is 12.5. The van der Waals surface area contributed by atoms with Crippen LogP contribution >= 0.6 is 0 Å². The van der Waals surface area contributed by atoms with Gasteiger partial charge in [-0.05, 0) is 23.3 Å². The van der Waals surface area contributed by atoms with E-state index < -0.39 is 0 Å². The third-order valence-electron chi connectivity index (χ3n) is 3.22. The minimum atomic E-state index is -0.0909. The summed E-state index contributed by atoms with van der Waals surface area (Å²) < 4.78 is 5.70. The van der Waals surface area contributed by atoms with E-state index in [2.05, 4.69) is 17.4 Å². The van der Waals surface area contributed by atoms with Crippen LogP contribution in [0.4, 0.5) is 0 Å². The van der Waals surface area contributed by atoms with E-state index in [-0.39, 0.29) is 12.5 Å². The first kappa shape index (κ1) is 16.0. The van der Waals surface area contributed by atoms with E-state index in [1.165, 1.54) is 5.56 Å². The van der Waals surface area contributed by atoms with Crippen molar-refractivity contribution >= 4 is 5.91 Å². The van der Waals surface area contributed by atoms with Gasteiger partial charge in [-0.25, -0.2) is 0 Å². The number of hydrogen-bond donors (Lipinski definition) is 2. The fourth-order valence-corrected chi connectivity index (χ4v) is 2.08. The molecule has 4 heteroatoms. The van der Waals surface area contributed by atoms with E-state index in [0.29, 0.717) is 19.6 Å². The molecule has 0 aliphatic rings. The molecule has 0 atom stereocenters. The number of ether oxygens (including phenoxy) is 1. The van der Waals surface area contributed by atoms with Gasteiger partial charge in [-0.2, -0.15) is 0 Å². The quantitative estimate of drug-likeness (QED) is 0.783. The summed E-state index contributed by atoms with van der Waals surface area (Å²) in [5, 5.41) is 11.3. The Balaban J connectivity index is 1.75. The lowest BCUT2D eigenvalue weighted by Gasteiger charge is -2.08. The van der Waals surface area contributed by atoms with Gasteiger partial charge in [0.1, 0.15) is 5.75 Å². The summed E-state index contributed by atoms with van der Waals surface area (Å²) in [7, 11) is 0. The highest BCUT2D eigenvalue weighted by Gasteiger charge is 2.03. The maximum Gasteiger partial charge on any atom is 0.224 e. The van der Waals surface area contributed by atoms with Gasteiger partial charge in [0, 0.05) is 13.0 Å². The molecule has 22 heavy (non-hydrogen) atoms. The molecule has 2 aromatic rings. The van der Waals surface area contributed by atoms with Gasteiger partial charge in [-0.3, -0.25) is 4.79 Å². The molecule has 0 unspecified atom stereocenters. The molecule has 0 saturated heterocycles. The molecule has 0 saturated carbocycles. The van der Waals surface area contributed by atoms with E-state index >= 15 is 0 Å². The first-order valence-corrected chi connectivity index (χ1v) is 7.41. The van der Waals surface area contributed by atoms with Crippen LogP contribution in [0.2, 0.25) is 0 Å². The van der Waals surface area contributed by atoms with E-state index in [0.717, 1.165) is 17.7 Å². The second-order valence-electron chi connectivity index (χ2n) is 4.98. The molecule has 0 aromatic heterocycles. The van der Waals surface area contributed by atoms with Crippen LogP contribution in [0.15, 0.2) is 54.6 Å². The van der Waals surface area contributed by atoms with Gasteiger partial charge in [-0.15, -0.1) is 0 Å². The van der Waals surface area contributed by atoms with Crippen molar-refractivity contribution in [1.82, 2.24) is 5.32 Å².